The summed E-state index contributed by atoms with van der Waals surface area (Å²) in [6, 6.07) is 6.03. The van der Waals surface area contributed by atoms with Gasteiger partial charge in [0.15, 0.2) is 5.78 Å². The van der Waals surface area contributed by atoms with E-state index in [1.165, 1.54) is 11.8 Å². The first-order valence-electron chi connectivity index (χ1n) is 6.32. The first-order valence-corrected chi connectivity index (χ1v) is 6.32. The summed E-state index contributed by atoms with van der Waals surface area (Å²) in [5.41, 5.74) is 0.956. The van der Waals surface area contributed by atoms with Crippen molar-refractivity contribution in [1.29, 1.82) is 0 Å². The molecule has 0 aliphatic carbocycles. The maximum absolute atomic E-state index is 12.0. The Balaban J connectivity index is 2.79. The second-order valence-corrected chi connectivity index (χ2v) is 4.38. The number of nitrogens with one attached hydrogen (secondary N) is 1. The average Bonchev–Trinajstić information content (AvgIpc) is 2.38. The normalized spacial score (nSPS) is 9.90. The van der Waals surface area contributed by atoms with Crippen LogP contribution in [0.3, 0.4) is 0 Å². The summed E-state index contributed by atoms with van der Waals surface area (Å²) in [6.45, 7) is 3.30. The molecule has 2 N–H and O–H groups in total. The van der Waals surface area contributed by atoms with Crippen LogP contribution in [0.25, 0.3) is 0 Å². The molecule has 0 aliphatic heterocycles. The maximum Gasteiger partial charge on any atom is 0.323 e. The molecule has 0 bridgehead atoms. The molecule has 1 aromatic rings. The minimum absolute atomic E-state index is 0.1000. The fourth-order valence-corrected chi connectivity index (χ4v) is 1.70. The third-order valence-electron chi connectivity index (χ3n) is 2.63. The summed E-state index contributed by atoms with van der Waals surface area (Å²) >= 11 is 0. The molecule has 0 atom stereocenters. The molecular weight excluding hydrogens is 260 g/mol. The van der Waals surface area contributed by atoms with Gasteiger partial charge in [-0.05, 0) is 25.5 Å². The number of benzene rings is 1. The van der Waals surface area contributed by atoms with Gasteiger partial charge in [0, 0.05) is 17.8 Å². The molecule has 1 aromatic carbocycles. The Morgan fingerprint density at radius 3 is 2.55 bits per heavy atom. The van der Waals surface area contributed by atoms with Crippen molar-refractivity contribution in [2.75, 3.05) is 18.4 Å². The summed E-state index contributed by atoms with van der Waals surface area (Å²) in [7, 11) is 0. The minimum Gasteiger partial charge on any atom is -0.480 e. The number of carboxylic acid groups (broad SMARTS) is 1. The number of aliphatic carboxylic acids is 1. The van der Waals surface area contributed by atoms with Gasteiger partial charge < -0.3 is 15.3 Å². The number of urea groups is 1. The molecular formula is C14H18N2O4. The topological polar surface area (TPSA) is 86.7 Å². The molecule has 0 saturated carbocycles. The summed E-state index contributed by atoms with van der Waals surface area (Å²) in [6.07, 6.45) is 0.661. The molecule has 108 valence electrons. The molecule has 1 rings (SSSR count). The standard InChI is InChI=1S/C14H18N2O4/c1-3-7-16(9-13(18)19)14(20)15-12-6-4-5-11(8-12)10(2)17/h4-6,8H,3,7,9H2,1-2H3,(H,15,20)(H,18,19). The lowest BCUT2D eigenvalue weighted by atomic mass is 10.1. The van der Waals surface area contributed by atoms with Crippen LogP contribution < -0.4 is 5.32 Å². The summed E-state index contributed by atoms with van der Waals surface area (Å²) in [5, 5.41) is 11.4. The van der Waals surface area contributed by atoms with Crippen LogP contribution in [-0.4, -0.2) is 40.9 Å². The second-order valence-electron chi connectivity index (χ2n) is 4.38. The van der Waals surface area contributed by atoms with E-state index in [4.69, 9.17) is 5.11 Å². The molecule has 0 fully saturated rings. The van der Waals surface area contributed by atoms with E-state index in [9.17, 15) is 14.4 Å². The Hall–Kier alpha value is -2.37. The highest BCUT2D eigenvalue weighted by molar-refractivity contribution is 5.97. The summed E-state index contributed by atoms with van der Waals surface area (Å²) in [5.74, 6) is -1.16. The van der Waals surface area contributed by atoms with E-state index in [1.54, 1.807) is 24.3 Å². The van der Waals surface area contributed by atoms with Gasteiger partial charge in [0.1, 0.15) is 6.54 Å². The highest BCUT2D eigenvalue weighted by Gasteiger charge is 2.16. The van der Waals surface area contributed by atoms with Gasteiger partial charge >= 0.3 is 12.0 Å². The van der Waals surface area contributed by atoms with Gasteiger partial charge in [0.2, 0.25) is 0 Å². The van der Waals surface area contributed by atoms with Gasteiger partial charge in [-0.3, -0.25) is 9.59 Å². The second kappa shape index (κ2) is 7.28. The van der Waals surface area contributed by atoms with Crippen LogP contribution in [0.1, 0.15) is 30.6 Å². The van der Waals surface area contributed by atoms with Crippen LogP contribution in [0, 0.1) is 0 Å². The first-order chi connectivity index (χ1) is 9.43. The van der Waals surface area contributed by atoms with Gasteiger partial charge in [-0.2, -0.15) is 0 Å². The zero-order valence-electron chi connectivity index (χ0n) is 11.5. The number of Topliss-reactive ketones (excluding diaryl/α,β-unsaturated/α-hetero) is 1. The average molecular weight is 278 g/mol. The van der Waals surface area contributed by atoms with Crippen molar-refractivity contribution in [2.24, 2.45) is 0 Å². The number of rotatable bonds is 6. The molecule has 0 aromatic heterocycles. The van der Waals surface area contributed by atoms with Crippen molar-refractivity contribution >= 4 is 23.5 Å². The molecule has 0 radical (unpaired) electrons. The quantitative estimate of drug-likeness (QED) is 0.781. The van der Waals surface area contributed by atoms with Gasteiger partial charge in [0.05, 0.1) is 0 Å². The van der Waals surface area contributed by atoms with Gasteiger partial charge in [-0.1, -0.05) is 19.1 Å². The third-order valence-corrected chi connectivity index (χ3v) is 2.63. The molecule has 0 spiro atoms. The molecule has 6 nitrogen and oxygen atoms in total. The number of carbonyl (C=O) groups is 3. The fourth-order valence-electron chi connectivity index (χ4n) is 1.70. The molecule has 0 aliphatic rings. The Morgan fingerprint density at radius 2 is 2.00 bits per heavy atom. The number of hydrogen-bond donors (Lipinski definition) is 2. The number of carbonyl (C=O) groups excluding carboxylic acids is 2. The number of amides is 2. The van der Waals surface area contributed by atoms with Crippen LogP contribution in [0.15, 0.2) is 24.3 Å². The minimum atomic E-state index is -1.06. The molecule has 0 unspecified atom stereocenters. The molecule has 20 heavy (non-hydrogen) atoms. The SMILES string of the molecule is CCCN(CC(=O)O)C(=O)Nc1cccc(C(C)=O)c1. The van der Waals surface area contributed by atoms with E-state index in [0.717, 1.165) is 0 Å². The van der Waals surface area contributed by atoms with E-state index in [-0.39, 0.29) is 12.3 Å². The zero-order valence-corrected chi connectivity index (χ0v) is 11.5. The van der Waals surface area contributed by atoms with E-state index in [2.05, 4.69) is 5.32 Å². The van der Waals surface area contributed by atoms with Crippen molar-refractivity contribution < 1.29 is 19.5 Å². The van der Waals surface area contributed by atoms with E-state index in [0.29, 0.717) is 24.2 Å². The highest BCUT2D eigenvalue weighted by atomic mass is 16.4. The Labute approximate surface area is 117 Å². The fraction of sp³-hybridized carbons (Fsp3) is 0.357. The Bertz CT molecular complexity index is 514. The van der Waals surface area contributed by atoms with Crippen molar-refractivity contribution in [3.63, 3.8) is 0 Å². The van der Waals surface area contributed by atoms with Crippen LogP contribution in [0.4, 0.5) is 10.5 Å². The lowest BCUT2D eigenvalue weighted by Crippen LogP contribution is -2.39. The number of anilines is 1. The van der Waals surface area contributed by atoms with Crippen molar-refractivity contribution in [2.45, 2.75) is 20.3 Å². The number of nitrogens with zero attached hydrogens (tertiary/aromatic N) is 1. The van der Waals surface area contributed by atoms with Gasteiger partial charge in [-0.15, -0.1) is 0 Å². The van der Waals surface area contributed by atoms with Crippen molar-refractivity contribution in [1.82, 2.24) is 4.90 Å². The third kappa shape index (κ3) is 4.72. The Morgan fingerprint density at radius 1 is 1.30 bits per heavy atom. The predicted molar refractivity (Wildman–Crippen MR) is 75.0 cm³/mol. The van der Waals surface area contributed by atoms with Gasteiger partial charge in [0.25, 0.3) is 0 Å². The molecule has 0 heterocycles. The smallest absolute Gasteiger partial charge is 0.323 e. The Kier molecular flexibility index (Phi) is 5.71. The van der Waals surface area contributed by atoms with Gasteiger partial charge in [-0.25, -0.2) is 4.79 Å². The first kappa shape index (κ1) is 15.7. The van der Waals surface area contributed by atoms with E-state index in [1.807, 2.05) is 6.92 Å². The molecule has 0 saturated heterocycles. The maximum atomic E-state index is 12.0. The lowest BCUT2D eigenvalue weighted by molar-refractivity contribution is -0.137. The monoisotopic (exact) mass is 278 g/mol. The van der Waals surface area contributed by atoms with E-state index >= 15 is 0 Å². The van der Waals surface area contributed by atoms with Crippen molar-refractivity contribution in [3.05, 3.63) is 29.8 Å². The van der Waals surface area contributed by atoms with Crippen LogP contribution in [0.5, 0.6) is 0 Å². The summed E-state index contributed by atoms with van der Waals surface area (Å²) in [4.78, 5) is 35.2. The highest BCUT2D eigenvalue weighted by Crippen LogP contribution is 2.12. The van der Waals surface area contributed by atoms with Crippen LogP contribution in [-0.2, 0) is 4.79 Å². The number of carboxylic acids is 1. The summed E-state index contributed by atoms with van der Waals surface area (Å²) < 4.78 is 0. The molecule has 2 amide bonds. The number of ketones is 1. The largest absolute Gasteiger partial charge is 0.480 e. The van der Waals surface area contributed by atoms with Crippen LogP contribution >= 0.6 is 0 Å². The zero-order chi connectivity index (χ0) is 15.1. The number of hydrogen-bond acceptors (Lipinski definition) is 3. The lowest BCUT2D eigenvalue weighted by Gasteiger charge is -2.20. The van der Waals surface area contributed by atoms with Crippen molar-refractivity contribution in [3.8, 4) is 0 Å². The van der Waals surface area contributed by atoms with E-state index < -0.39 is 12.0 Å². The van der Waals surface area contributed by atoms with Crippen LogP contribution in [0.2, 0.25) is 0 Å². The molecule has 6 heteroatoms. The predicted octanol–water partition coefficient (Wildman–Crippen LogP) is 2.22.